The van der Waals surface area contributed by atoms with Gasteiger partial charge >= 0.3 is 0 Å². The van der Waals surface area contributed by atoms with Crippen LogP contribution < -0.4 is 5.56 Å². The van der Waals surface area contributed by atoms with Crippen LogP contribution in [0.15, 0.2) is 20.7 Å². The molecule has 0 aliphatic heterocycles. The van der Waals surface area contributed by atoms with Crippen molar-refractivity contribution in [2.75, 3.05) is 0 Å². The minimum atomic E-state index is 0.0430. The zero-order valence-corrected chi connectivity index (χ0v) is 12.2. The number of hydrogen-bond donors (Lipinski definition) is 1. The summed E-state index contributed by atoms with van der Waals surface area (Å²) in [6, 6.07) is 1.99. The first-order valence-corrected chi connectivity index (χ1v) is 7.78. The first-order chi connectivity index (χ1) is 8.74. The molecule has 0 fully saturated rings. The van der Waals surface area contributed by atoms with Crippen molar-refractivity contribution in [3.63, 3.8) is 0 Å². The highest BCUT2D eigenvalue weighted by Crippen LogP contribution is 2.28. The Morgan fingerprint density at radius 1 is 1.28 bits per heavy atom. The van der Waals surface area contributed by atoms with Gasteiger partial charge in [0, 0.05) is 15.4 Å². The second kappa shape index (κ2) is 4.97. The minimum Gasteiger partial charge on any atom is -0.306 e. The van der Waals surface area contributed by atoms with Crippen molar-refractivity contribution in [1.82, 2.24) is 9.97 Å². The van der Waals surface area contributed by atoms with Gasteiger partial charge in [0.25, 0.3) is 5.56 Å². The molecule has 1 aliphatic rings. The molecule has 1 N–H and O–H groups in total. The molecule has 0 saturated heterocycles. The minimum absolute atomic E-state index is 0.0430. The molecule has 0 amide bonds. The Balaban J connectivity index is 2.10. The quantitative estimate of drug-likeness (QED) is 0.815. The molecule has 0 unspecified atom stereocenters. The van der Waals surface area contributed by atoms with Crippen molar-refractivity contribution in [3.05, 3.63) is 37.5 Å². The van der Waals surface area contributed by atoms with Gasteiger partial charge in [0.05, 0.1) is 10.6 Å². The number of halogens is 1. The van der Waals surface area contributed by atoms with E-state index in [9.17, 15) is 4.79 Å². The van der Waals surface area contributed by atoms with E-state index in [4.69, 9.17) is 0 Å². The highest BCUT2D eigenvalue weighted by atomic mass is 79.9. The lowest BCUT2D eigenvalue weighted by atomic mass is 10.1. The number of fused-ring (bicyclic) bond motifs is 1. The summed E-state index contributed by atoms with van der Waals surface area (Å²) in [5.74, 6) is 0.705. The third-order valence-corrected chi connectivity index (χ3v) is 4.94. The van der Waals surface area contributed by atoms with Crippen molar-refractivity contribution in [3.8, 4) is 10.7 Å². The van der Waals surface area contributed by atoms with Crippen LogP contribution in [0, 0.1) is 0 Å². The predicted molar refractivity (Wildman–Crippen MR) is 77.1 cm³/mol. The molecule has 2 aromatic rings. The number of thiophene rings is 1. The average molecular weight is 325 g/mol. The summed E-state index contributed by atoms with van der Waals surface area (Å²) in [6.45, 7) is 0. The van der Waals surface area contributed by atoms with Crippen LogP contribution in [-0.4, -0.2) is 9.97 Å². The SMILES string of the molecule is O=c1[nH]c(-c2cc(Br)cs2)nc2c1CCCCC2. The molecule has 0 spiro atoms. The molecule has 0 bridgehead atoms. The fourth-order valence-electron chi connectivity index (χ4n) is 2.33. The van der Waals surface area contributed by atoms with E-state index in [1.165, 1.54) is 6.42 Å². The Kier molecular flexibility index (Phi) is 3.35. The van der Waals surface area contributed by atoms with Gasteiger partial charge in [-0.05, 0) is 47.7 Å². The van der Waals surface area contributed by atoms with E-state index in [0.29, 0.717) is 5.82 Å². The van der Waals surface area contributed by atoms with E-state index in [2.05, 4.69) is 25.9 Å². The number of hydrogen-bond acceptors (Lipinski definition) is 3. The highest BCUT2D eigenvalue weighted by molar-refractivity contribution is 9.10. The summed E-state index contributed by atoms with van der Waals surface area (Å²) in [5, 5.41) is 2.00. The van der Waals surface area contributed by atoms with Crippen molar-refractivity contribution < 1.29 is 0 Å². The molecule has 3 rings (SSSR count). The molecule has 0 atom stereocenters. The van der Waals surface area contributed by atoms with E-state index in [-0.39, 0.29) is 5.56 Å². The number of nitrogens with one attached hydrogen (secondary N) is 1. The molecule has 2 aromatic heterocycles. The molecular weight excluding hydrogens is 312 g/mol. The third kappa shape index (κ3) is 2.29. The lowest BCUT2D eigenvalue weighted by Gasteiger charge is -2.05. The van der Waals surface area contributed by atoms with Gasteiger partial charge in [-0.2, -0.15) is 0 Å². The zero-order valence-electron chi connectivity index (χ0n) is 9.83. The van der Waals surface area contributed by atoms with Gasteiger partial charge in [0.2, 0.25) is 0 Å². The molecule has 0 aromatic carbocycles. The predicted octanol–water partition coefficient (Wildman–Crippen LogP) is 3.53. The fraction of sp³-hybridized carbons (Fsp3) is 0.385. The molecule has 3 nitrogen and oxygen atoms in total. The lowest BCUT2D eigenvalue weighted by Crippen LogP contribution is -2.17. The largest absolute Gasteiger partial charge is 0.306 e. The zero-order chi connectivity index (χ0) is 12.5. The van der Waals surface area contributed by atoms with Gasteiger partial charge in [-0.3, -0.25) is 4.79 Å². The van der Waals surface area contributed by atoms with Gasteiger partial charge in [-0.25, -0.2) is 4.98 Å². The molecule has 0 saturated carbocycles. The second-order valence-electron chi connectivity index (χ2n) is 4.53. The number of aromatic nitrogens is 2. The molecule has 18 heavy (non-hydrogen) atoms. The summed E-state index contributed by atoms with van der Waals surface area (Å²) in [5.41, 5.74) is 1.93. The van der Waals surface area contributed by atoms with E-state index in [0.717, 1.165) is 46.3 Å². The van der Waals surface area contributed by atoms with Crippen LogP contribution in [0.4, 0.5) is 0 Å². The van der Waals surface area contributed by atoms with Gasteiger partial charge in [0.15, 0.2) is 5.82 Å². The number of aryl methyl sites for hydroxylation is 1. The average Bonchev–Trinajstić information content (AvgIpc) is 2.63. The Morgan fingerprint density at radius 2 is 2.11 bits per heavy atom. The van der Waals surface area contributed by atoms with E-state index in [1.807, 2.05) is 11.4 Å². The number of H-pyrrole nitrogens is 1. The summed E-state index contributed by atoms with van der Waals surface area (Å²) in [7, 11) is 0. The summed E-state index contributed by atoms with van der Waals surface area (Å²) < 4.78 is 1.03. The van der Waals surface area contributed by atoms with E-state index < -0.39 is 0 Å². The van der Waals surface area contributed by atoms with E-state index >= 15 is 0 Å². The first-order valence-electron chi connectivity index (χ1n) is 6.10. The van der Waals surface area contributed by atoms with Crippen LogP contribution >= 0.6 is 27.3 Å². The number of rotatable bonds is 1. The Hall–Kier alpha value is -0.940. The standard InChI is InChI=1S/C13H13BrN2OS/c14-8-6-11(18-7-8)12-15-10-5-3-1-2-4-9(10)13(17)16-12/h6-7H,1-5H2,(H,15,16,17). The Labute approximate surface area is 117 Å². The van der Waals surface area contributed by atoms with Crippen molar-refractivity contribution in [2.24, 2.45) is 0 Å². The first kappa shape index (κ1) is 12.1. The van der Waals surface area contributed by atoms with Gasteiger partial charge < -0.3 is 4.98 Å². The Morgan fingerprint density at radius 3 is 2.89 bits per heavy atom. The maximum Gasteiger partial charge on any atom is 0.254 e. The number of nitrogens with zero attached hydrogens (tertiary/aromatic N) is 1. The summed E-state index contributed by atoms with van der Waals surface area (Å²) >= 11 is 5.01. The molecule has 5 heteroatoms. The van der Waals surface area contributed by atoms with Crippen LogP contribution in [-0.2, 0) is 12.8 Å². The lowest BCUT2D eigenvalue weighted by molar-refractivity contribution is 0.708. The van der Waals surface area contributed by atoms with Gasteiger partial charge in [-0.1, -0.05) is 6.42 Å². The smallest absolute Gasteiger partial charge is 0.254 e. The van der Waals surface area contributed by atoms with Crippen molar-refractivity contribution in [2.45, 2.75) is 32.1 Å². The topological polar surface area (TPSA) is 45.8 Å². The third-order valence-electron chi connectivity index (χ3n) is 3.24. The second-order valence-corrected chi connectivity index (χ2v) is 6.36. The van der Waals surface area contributed by atoms with Crippen LogP contribution in [0.2, 0.25) is 0 Å². The molecular formula is C13H13BrN2OS. The molecule has 1 aliphatic carbocycles. The molecule has 2 heterocycles. The molecule has 0 radical (unpaired) electrons. The normalized spacial score (nSPS) is 15.2. The maximum absolute atomic E-state index is 12.1. The highest BCUT2D eigenvalue weighted by Gasteiger charge is 2.15. The van der Waals surface area contributed by atoms with Crippen LogP contribution in [0.1, 0.15) is 30.5 Å². The maximum atomic E-state index is 12.1. The molecule has 94 valence electrons. The summed E-state index contributed by atoms with van der Waals surface area (Å²) in [6.07, 6.45) is 5.22. The Bertz CT molecular complexity index is 632. The van der Waals surface area contributed by atoms with E-state index in [1.54, 1.807) is 11.3 Å². The van der Waals surface area contributed by atoms with Crippen LogP contribution in [0.3, 0.4) is 0 Å². The van der Waals surface area contributed by atoms with Gasteiger partial charge in [0.1, 0.15) is 0 Å². The van der Waals surface area contributed by atoms with Crippen LogP contribution in [0.25, 0.3) is 10.7 Å². The van der Waals surface area contributed by atoms with Crippen molar-refractivity contribution >= 4 is 27.3 Å². The number of aromatic amines is 1. The van der Waals surface area contributed by atoms with Crippen LogP contribution in [0.5, 0.6) is 0 Å². The monoisotopic (exact) mass is 324 g/mol. The van der Waals surface area contributed by atoms with Crippen molar-refractivity contribution in [1.29, 1.82) is 0 Å². The summed E-state index contributed by atoms with van der Waals surface area (Å²) in [4.78, 5) is 20.7. The van der Waals surface area contributed by atoms with Gasteiger partial charge in [-0.15, -0.1) is 11.3 Å². The fourth-order valence-corrected chi connectivity index (χ4v) is 3.71.